The number of carbonyl (C=O) groups is 1. The Labute approximate surface area is 88.0 Å². The van der Waals surface area contributed by atoms with Gasteiger partial charge in [0.2, 0.25) is 0 Å². The van der Waals surface area contributed by atoms with Crippen LogP contribution in [0.25, 0.3) is 0 Å². The van der Waals surface area contributed by atoms with Gasteiger partial charge in [-0.3, -0.25) is 0 Å². The first-order valence-corrected chi connectivity index (χ1v) is 2.88. The molecule has 3 nitrogen and oxygen atoms in total. The van der Waals surface area contributed by atoms with E-state index < -0.39 is 11.7 Å². The smallest absolute Gasteiger partial charge is 0.872 e. The van der Waals surface area contributed by atoms with E-state index in [1.54, 1.807) is 6.92 Å². The molecule has 0 aromatic rings. The van der Waals surface area contributed by atoms with Crippen LogP contribution in [0.3, 0.4) is 0 Å². The van der Waals surface area contributed by atoms with Gasteiger partial charge in [-0.15, -0.1) is 5.76 Å². The van der Waals surface area contributed by atoms with E-state index in [0.29, 0.717) is 0 Å². The minimum Gasteiger partial charge on any atom is -0.872 e. The Morgan fingerprint density at radius 2 is 2.27 bits per heavy atom. The first-order valence-electron chi connectivity index (χ1n) is 2.88. The van der Waals surface area contributed by atoms with Crippen molar-refractivity contribution in [2.24, 2.45) is 0 Å². The van der Waals surface area contributed by atoms with Crippen molar-refractivity contribution in [2.75, 3.05) is 6.61 Å². The second kappa shape index (κ2) is 7.85. The number of esters is 1. The molecule has 11 heavy (non-hydrogen) atoms. The maximum absolute atomic E-state index is 10.5. The van der Waals surface area contributed by atoms with Crippen molar-refractivity contribution in [3.8, 4) is 0 Å². The zero-order valence-electron chi connectivity index (χ0n) is 6.79. The number of rotatable bonds is 3. The maximum atomic E-state index is 10.5. The predicted molar refractivity (Wildman–Crippen MR) is 34.9 cm³/mol. The molecule has 0 atom stereocenters. The van der Waals surface area contributed by atoms with Gasteiger partial charge in [0.1, 0.15) is 0 Å². The zero-order chi connectivity index (χ0) is 7.98. The molecule has 0 bridgehead atoms. The van der Waals surface area contributed by atoms with Crippen molar-refractivity contribution in [3.63, 3.8) is 0 Å². The summed E-state index contributed by atoms with van der Waals surface area (Å²) in [5.74, 6) is -1.05. The van der Waals surface area contributed by atoms with Crippen LogP contribution >= 0.6 is 0 Å². The minimum absolute atomic E-state index is 0. The second-order valence-corrected chi connectivity index (χ2v) is 1.50. The minimum atomic E-state index is -0.618. The number of ether oxygens (including phenoxy) is 1. The summed E-state index contributed by atoms with van der Waals surface area (Å²) in [4.78, 5) is 10.5. The van der Waals surface area contributed by atoms with Crippen LogP contribution in [0.5, 0.6) is 0 Å². The monoisotopic (exact) mass is 164 g/mol. The molecule has 0 rings (SSSR count). The summed E-state index contributed by atoms with van der Waals surface area (Å²) < 4.78 is 4.45. The Morgan fingerprint density at radius 3 is 2.64 bits per heavy atom. The van der Waals surface area contributed by atoms with Crippen molar-refractivity contribution in [2.45, 2.75) is 6.92 Å². The van der Waals surface area contributed by atoms with Gasteiger partial charge in [0.05, 0.1) is 6.61 Å². The molecular weight excluding hydrogens is 155 g/mol. The summed E-state index contributed by atoms with van der Waals surface area (Å²) in [5, 5.41) is 10.4. The molecule has 4 heteroatoms. The third-order valence-electron chi connectivity index (χ3n) is 0.748. The van der Waals surface area contributed by atoms with Crippen LogP contribution in [0.1, 0.15) is 6.92 Å². The Balaban J connectivity index is 0. The predicted octanol–water partition coefficient (Wildman–Crippen LogP) is -3.02. The van der Waals surface area contributed by atoms with Crippen LogP contribution in [0, 0.1) is 0 Å². The van der Waals surface area contributed by atoms with Crippen LogP contribution in [0.4, 0.5) is 0 Å². The third-order valence-corrected chi connectivity index (χ3v) is 0.748. The molecule has 0 aliphatic rings. The van der Waals surface area contributed by atoms with Crippen LogP contribution in [0.15, 0.2) is 24.5 Å². The van der Waals surface area contributed by atoms with Gasteiger partial charge < -0.3 is 9.84 Å². The Bertz CT molecular complexity index is 163. The molecule has 0 aliphatic heterocycles. The summed E-state index contributed by atoms with van der Waals surface area (Å²) >= 11 is 0. The standard InChI is InChI=1S/C7H10O3.Na/c1-3-6(8)5-7(9)10-4-2;/h3,5,8H,1,4H2,2H3;/q;+1/p-1/b6-5-;. The van der Waals surface area contributed by atoms with E-state index in [9.17, 15) is 9.90 Å². The van der Waals surface area contributed by atoms with Gasteiger partial charge in [0.25, 0.3) is 0 Å². The van der Waals surface area contributed by atoms with Crippen molar-refractivity contribution < 1.29 is 44.2 Å². The number of hydrogen-bond acceptors (Lipinski definition) is 3. The molecule has 0 unspecified atom stereocenters. The van der Waals surface area contributed by atoms with Gasteiger partial charge >= 0.3 is 35.5 Å². The number of hydrogen-bond donors (Lipinski definition) is 0. The molecule has 0 saturated heterocycles. The quantitative estimate of drug-likeness (QED) is 0.147. The van der Waals surface area contributed by atoms with Crippen molar-refractivity contribution in [1.82, 2.24) is 0 Å². The maximum Gasteiger partial charge on any atom is 1.00 e. The van der Waals surface area contributed by atoms with E-state index in [2.05, 4.69) is 11.3 Å². The molecule has 0 amide bonds. The third kappa shape index (κ3) is 7.65. The Hall–Kier alpha value is -0.250. The van der Waals surface area contributed by atoms with Crippen molar-refractivity contribution in [3.05, 3.63) is 24.5 Å². The molecule has 0 fully saturated rings. The Morgan fingerprint density at radius 1 is 1.73 bits per heavy atom. The van der Waals surface area contributed by atoms with Gasteiger partial charge in [-0.25, -0.2) is 4.79 Å². The molecule has 0 aliphatic carbocycles. The second-order valence-electron chi connectivity index (χ2n) is 1.50. The first kappa shape index (κ1) is 13.3. The Kier molecular flexibility index (Phi) is 9.53. The summed E-state index contributed by atoms with van der Waals surface area (Å²) in [5.41, 5.74) is 0. The molecule has 0 heterocycles. The molecule has 0 aromatic carbocycles. The van der Waals surface area contributed by atoms with Crippen LogP contribution in [-0.4, -0.2) is 12.6 Å². The summed E-state index contributed by atoms with van der Waals surface area (Å²) in [6, 6.07) is 0. The van der Waals surface area contributed by atoms with Crippen LogP contribution in [0.2, 0.25) is 0 Å². The SMILES string of the molecule is C=C/C([O-])=C/C(=O)OCC.[Na+]. The average Bonchev–Trinajstić information content (AvgIpc) is 1.88. The van der Waals surface area contributed by atoms with E-state index >= 15 is 0 Å². The molecule has 56 valence electrons. The van der Waals surface area contributed by atoms with E-state index in [1.807, 2.05) is 0 Å². The van der Waals surface area contributed by atoms with Crippen molar-refractivity contribution >= 4 is 5.97 Å². The fraction of sp³-hybridized carbons (Fsp3) is 0.286. The van der Waals surface area contributed by atoms with Gasteiger partial charge in [0.15, 0.2) is 0 Å². The number of allylic oxidation sites excluding steroid dienone is 1. The fourth-order valence-electron chi connectivity index (χ4n) is 0.359. The summed E-state index contributed by atoms with van der Waals surface area (Å²) in [6.45, 7) is 5.13. The fourth-order valence-corrected chi connectivity index (χ4v) is 0.359. The average molecular weight is 164 g/mol. The van der Waals surface area contributed by atoms with E-state index in [1.165, 1.54) is 0 Å². The summed E-state index contributed by atoms with van der Waals surface area (Å²) in [6.07, 6.45) is 1.91. The zero-order valence-corrected chi connectivity index (χ0v) is 8.79. The van der Waals surface area contributed by atoms with Crippen LogP contribution in [-0.2, 0) is 9.53 Å². The van der Waals surface area contributed by atoms with Gasteiger partial charge in [0, 0.05) is 6.08 Å². The first-order chi connectivity index (χ1) is 4.70. The molecule has 0 aromatic heterocycles. The largest absolute Gasteiger partial charge is 1.00 e. The molecule has 0 radical (unpaired) electrons. The summed E-state index contributed by atoms with van der Waals surface area (Å²) in [7, 11) is 0. The molecule has 0 saturated carbocycles. The molecule has 0 spiro atoms. The van der Waals surface area contributed by atoms with E-state index in [4.69, 9.17) is 0 Å². The molecule has 0 N–H and O–H groups in total. The van der Waals surface area contributed by atoms with Crippen LogP contribution < -0.4 is 34.7 Å². The normalized spacial score (nSPS) is 9.73. The van der Waals surface area contributed by atoms with E-state index in [-0.39, 0.29) is 36.2 Å². The number of carbonyl (C=O) groups excluding carboxylic acids is 1. The topological polar surface area (TPSA) is 49.4 Å². The van der Waals surface area contributed by atoms with E-state index in [0.717, 1.165) is 12.2 Å². The van der Waals surface area contributed by atoms with Crippen molar-refractivity contribution in [1.29, 1.82) is 0 Å². The molecular formula is C7H9NaO3. The van der Waals surface area contributed by atoms with Gasteiger partial charge in [-0.2, -0.15) is 0 Å². The van der Waals surface area contributed by atoms with Gasteiger partial charge in [-0.05, 0) is 6.92 Å². The van der Waals surface area contributed by atoms with Gasteiger partial charge in [-0.1, -0.05) is 12.7 Å².